The van der Waals surface area contributed by atoms with Crippen LogP contribution in [0.4, 0.5) is 10.5 Å². The lowest BCUT2D eigenvalue weighted by Gasteiger charge is -2.16. The maximum absolute atomic E-state index is 11.8. The highest BCUT2D eigenvalue weighted by molar-refractivity contribution is 5.71. The Morgan fingerprint density at radius 1 is 1.38 bits per heavy atom. The van der Waals surface area contributed by atoms with E-state index in [1.54, 1.807) is 11.9 Å². The zero-order chi connectivity index (χ0) is 15.4. The van der Waals surface area contributed by atoms with E-state index < -0.39 is 0 Å². The lowest BCUT2D eigenvalue weighted by molar-refractivity contribution is 0.165. The first-order valence-electron chi connectivity index (χ1n) is 7.46. The highest BCUT2D eigenvalue weighted by Crippen LogP contribution is 2.36. The molecule has 1 aliphatic rings. The first kappa shape index (κ1) is 15.6. The Balaban J connectivity index is 2.02. The first-order chi connectivity index (χ1) is 10.0. The van der Waals surface area contributed by atoms with E-state index in [1.807, 2.05) is 19.1 Å². The highest BCUT2D eigenvalue weighted by Gasteiger charge is 2.23. The lowest BCUT2D eigenvalue weighted by Crippen LogP contribution is -2.29. The summed E-state index contributed by atoms with van der Waals surface area (Å²) in [6, 6.07) is 5.88. The topological polar surface area (TPSA) is 44.8 Å². The van der Waals surface area contributed by atoms with Crippen LogP contribution in [0.5, 0.6) is 5.75 Å². The van der Waals surface area contributed by atoms with Crippen molar-refractivity contribution in [2.45, 2.75) is 19.3 Å². The highest BCUT2D eigenvalue weighted by atomic mass is 16.6. The van der Waals surface area contributed by atoms with Gasteiger partial charge in [0.1, 0.15) is 5.75 Å². The van der Waals surface area contributed by atoms with Crippen molar-refractivity contribution >= 4 is 11.8 Å². The van der Waals surface area contributed by atoms with Gasteiger partial charge in [0.25, 0.3) is 0 Å². The molecule has 0 saturated carbocycles. The molecule has 1 atom stereocenters. The van der Waals surface area contributed by atoms with Gasteiger partial charge in [-0.05, 0) is 45.6 Å². The van der Waals surface area contributed by atoms with Crippen LogP contribution in [0.25, 0.3) is 0 Å². The Kier molecular flexibility index (Phi) is 5.07. The number of nitrogens with one attached hydrogen (secondary N) is 1. The maximum atomic E-state index is 11.8. The normalized spacial score (nSPS) is 16.5. The molecule has 0 fully saturated rings. The first-order valence-corrected chi connectivity index (χ1v) is 7.46. The van der Waals surface area contributed by atoms with Crippen LogP contribution < -0.4 is 10.1 Å². The quantitative estimate of drug-likeness (QED) is 0.905. The Labute approximate surface area is 126 Å². The lowest BCUT2D eigenvalue weighted by atomic mass is 9.97. The van der Waals surface area contributed by atoms with Gasteiger partial charge in [-0.15, -0.1) is 0 Å². The van der Waals surface area contributed by atoms with Gasteiger partial charge >= 0.3 is 6.09 Å². The minimum atomic E-state index is -0.320. The Morgan fingerprint density at radius 3 is 2.81 bits per heavy atom. The second kappa shape index (κ2) is 6.80. The molecule has 0 aliphatic carbocycles. The molecule has 0 spiro atoms. The van der Waals surface area contributed by atoms with Crippen molar-refractivity contribution in [3.05, 3.63) is 23.8 Å². The molecule has 1 aromatic rings. The molecular formula is C16H25N3O2. The SMILES string of the molecule is CCN(C)C(=O)Oc1ccc2c(c1)NCC2CCN(C)C. The van der Waals surface area contributed by atoms with E-state index in [1.165, 1.54) is 5.56 Å². The summed E-state index contributed by atoms with van der Waals surface area (Å²) < 4.78 is 5.36. The Morgan fingerprint density at radius 2 is 2.14 bits per heavy atom. The summed E-state index contributed by atoms with van der Waals surface area (Å²) in [5, 5.41) is 3.41. The van der Waals surface area contributed by atoms with Crippen LogP contribution >= 0.6 is 0 Å². The number of fused-ring (bicyclic) bond motifs is 1. The zero-order valence-electron chi connectivity index (χ0n) is 13.3. The third-order valence-corrected chi connectivity index (χ3v) is 3.92. The van der Waals surface area contributed by atoms with E-state index in [2.05, 4.69) is 30.4 Å². The number of amides is 1. The predicted molar refractivity (Wildman–Crippen MR) is 85.2 cm³/mol. The van der Waals surface area contributed by atoms with E-state index in [-0.39, 0.29) is 6.09 Å². The van der Waals surface area contributed by atoms with Crippen LogP contribution in [-0.4, -0.2) is 56.7 Å². The van der Waals surface area contributed by atoms with Crippen LogP contribution in [0.15, 0.2) is 18.2 Å². The molecular weight excluding hydrogens is 266 g/mol. The Hall–Kier alpha value is -1.75. The molecule has 0 radical (unpaired) electrons. The molecule has 0 aromatic heterocycles. The average molecular weight is 291 g/mol. The minimum absolute atomic E-state index is 0.320. The molecule has 5 nitrogen and oxygen atoms in total. The van der Waals surface area contributed by atoms with Crippen LogP contribution in [0.3, 0.4) is 0 Å². The zero-order valence-corrected chi connectivity index (χ0v) is 13.3. The molecule has 21 heavy (non-hydrogen) atoms. The monoisotopic (exact) mass is 291 g/mol. The number of hydrogen-bond acceptors (Lipinski definition) is 4. The van der Waals surface area contributed by atoms with Crippen molar-refractivity contribution in [3.8, 4) is 5.75 Å². The number of nitrogens with zero attached hydrogens (tertiary/aromatic N) is 2. The molecule has 2 rings (SSSR count). The summed E-state index contributed by atoms with van der Waals surface area (Å²) in [6.07, 6.45) is 0.810. The van der Waals surface area contributed by atoms with Gasteiger partial charge in [-0.3, -0.25) is 0 Å². The number of carbonyl (C=O) groups is 1. The van der Waals surface area contributed by atoms with Gasteiger partial charge in [-0.1, -0.05) is 6.07 Å². The fourth-order valence-electron chi connectivity index (χ4n) is 2.43. The van der Waals surface area contributed by atoms with Crippen molar-refractivity contribution < 1.29 is 9.53 Å². The van der Waals surface area contributed by atoms with E-state index in [0.29, 0.717) is 18.2 Å². The van der Waals surface area contributed by atoms with E-state index >= 15 is 0 Å². The molecule has 0 saturated heterocycles. The number of hydrogen-bond donors (Lipinski definition) is 1. The smallest absolute Gasteiger partial charge is 0.410 e. The fraction of sp³-hybridized carbons (Fsp3) is 0.562. The van der Waals surface area contributed by atoms with E-state index in [9.17, 15) is 4.79 Å². The number of rotatable bonds is 5. The molecule has 0 bridgehead atoms. The van der Waals surface area contributed by atoms with E-state index in [4.69, 9.17) is 4.74 Å². The second-order valence-electron chi connectivity index (χ2n) is 5.80. The largest absolute Gasteiger partial charge is 0.414 e. The molecule has 1 unspecified atom stereocenters. The van der Waals surface area contributed by atoms with Gasteiger partial charge in [0.05, 0.1) is 0 Å². The van der Waals surface area contributed by atoms with Crippen LogP contribution in [-0.2, 0) is 0 Å². The molecule has 1 aromatic carbocycles. The summed E-state index contributed by atoms with van der Waals surface area (Å²) in [5.74, 6) is 1.13. The third kappa shape index (κ3) is 3.88. The molecule has 116 valence electrons. The molecule has 1 heterocycles. The summed E-state index contributed by atoms with van der Waals surface area (Å²) >= 11 is 0. The standard InChI is InChI=1S/C16H25N3O2/c1-5-19(4)16(20)21-13-6-7-14-12(8-9-18(2)3)11-17-15(14)10-13/h6-7,10,12,17H,5,8-9,11H2,1-4H3. The van der Waals surface area contributed by atoms with Gasteiger partial charge in [-0.2, -0.15) is 0 Å². The fourth-order valence-corrected chi connectivity index (χ4v) is 2.43. The number of carbonyl (C=O) groups excluding carboxylic acids is 1. The van der Waals surface area contributed by atoms with Crippen molar-refractivity contribution in [1.82, 2.24) is 9.80 Å². The van der Waals surface area contributed by atoms with Crippen molar-refractivity contribution in [2.75, 3.05) is 46.1 Å². The van der Waals surface area contributed by atoms with Crippen molar-refractivity contribution in [2.24, 2.45) is 0 Å². The summed E-state index contributed by atoms with van der Waals surface area (Å²) in [5.41, 5.74) is 2.41. The van der Waals surface area contributed by atoms with Gasteiger partial charge in [0, 0.05) is 37.8 Å². The summed E-state index contributed by atoms with van der Waals surface area (Å²) in [4.78, 5) is 15.5. The van der Waals surface area contributed by atoms with Gasteiger partial charge < -0.3 is 19.9 Å². The van der Waals surface area contributed by atoms with Gasteiger partial charge in [-0.25, -0.2) is 4.79 Å². The predicted octanol–water partition coefficient (Wildman–Crippen LogP) is 2.60. The average Bonchev–Trinajstić information content (AvgIpc) is 2.86. The second-order valence-corrected chi connectivity index (χ2v) is 5.80. The van der Waals surface area contributed by atoms with Crippen molar-refractivity contribution in [3.63, 3.8) is 0 Å². The van der Waals surface area contributed by atoms with Crippen molar-refractivity contribution in [1.29, 1.82) is 0 Å². The van der Waals surface area contributed by atoms with Crippen LogP contribution in [0.2, 0.25) is 0 Å². The summed E-state index contributed by atoms with van der Waals surface area (Å²) in [6.45, 7) is 4.58. The number of benzene rings is 1. The van der Waals surface area contributed by atoms with Gasteiger partial charge in [0.15, 0.2) is 0 Å². The maximum Gasteiger partial charge on any atom is 0.414 e. The molecule has 1 N–H and O–H groups in total. The number of anilines is 1. The van der Waals surface area contributed by atoms with Crippen LogP contribution in [0, 0.1) is 0 Å². The third-order valence-electron chi connectivity index (χ3n) is 3.92. The van der Waals surface area contributed by atoms with E-state index in [0.717, 1.165) is 25.2 Å². The number of ether oxygens (including phenoxy) is 1. The molecule has 1 aliphatic heterocycles. The minimum Gasteiger partial charge on any atom is -0.410 e. The Bertz CT molecular complexity index is 502. The van der Waals surface area contributed by atoms with Gasteiger partial charge in [0.2, 0.25) is 0 Å². The summed E-state index contributed by atoms with van der Waals surface area (Å²) in [7, 11) is 5.91. The molecule has 1 amide bonds. The van der Waals surface area contributed by atoms with Crippen LogP contribution in [0.1, 0.15) is 24.8 Å². The molecule has 5 heteroatoms.